The predicted octanol–water partition coefficient (Wildman–Crippen LogP) is 1.99. The summed E-state index contributed by atoms with van der Waals surface area (Å²) in [5.41, 5.74) is -0.0483. The van der Waals surface area contributed by atoms with E-state index >= 15 is 0 Å². The molecule has 0 aliphatic heterocycles. The van der Waals surface area contributed by atoms with E-state index in [-0.39, 0.29) is 18.7 Å². The van der Waals surface area contributed by atoms with Gasteiger partial charge in [0, 0.05) is 12.1 Å². The summed E-state index contributed by atoms with van der Waals surface area (Å²) in [6, 6.07) is 2.30. The van der Waals surface area contributed by atoms with Crippen LogP contribution in [-0.2, 0) is 9.53 Å². The molecule has 0 saturated heterocycles. The van der Waals surface area contributed by atoms with Crippen molar-refractivity contribution in [3.05, 3.63) is 35.4 Å². The van der Waals surface area contributed by atoms with Crippen molar-refractivity contribution in [2.75, 3.05) is 20.3 Å². The van der Waals surface area contributed by atoms with Crippen LogP contribution in [0.25, 0.3) is 0 Å². The molecular weight excluding hydrogens is 308 g/mol. The Labute approximate surface area is 133 Å². The third kappa shape index (κ3) is 4.72. The Bertz CT molecular complexity index is 561. The van der Waals surface area contributed by atoms with Gasteiger partial charge in [-0.3, -0.25) is 9.59 Å². The molecule has 0 saturated carbocycles. The molecule has 0 aromatic heterocycles. The minimum Gasteiger partial charge on any atom is -0.469 e. The van der Waals surface area contributed by atoms with Gasteiger partial charge >= 0.3 is 5.97 Å². The zero-order valence-electron chi connectivity index (χ0n) is 13.4. The Morgan fingerprint density at radius 3 is 2.43 bits per heavy atom. The van der Waals surface area contributed by atoms with Crippen LogP contribution in [0.1, 0.15) is 30.6 Å². The molecule has 0 fully saturated rings. The maximum absolute atomic E-state index is 13.3. The number of aliphatic hydroxyl groups excluding tert-OH is 1. The highest BCUT2D eigenvalue weighted by Gasteiger charge is 2.28. The standard InChI is InChI=1S/C16H21F2NO4/c1-4-12(9-20)19(8-10(2)16(22)23-3)15(21)11-5-6-13(17)14(18)7-11/h5-7,10,12,20H,4,8-9H2,1-3H3. The van der Waals surface area contributed by atoms with Crippen molar-refractivity contribution in [1.29, 1.82) is 0 Å². The average molecular weight is 329 g/mol. The Balaban J connectivity index is 3.09. The molecule has 0 heterocycles. The number of nitrogens with zero attached hydrogens (tertiary/aromatic N) is 1. The molecule has 2 unspecified atom stereocenters. The van der Waals surface area contributed by atoms with E-state index in [1.54, 1.807) is 13.8 Å². The highest BCUT2D eigenvalue weighted by atomic mass is 19.2. The molecule has 0 bridgehead atoms. The van der Waals surface area contributed by atoms with E-state index in [0.717, 1.165) is 12.1 Å². The Kier molecular flexibility index (Phi) is 7.09. The maximum atomic E-state index is 13.3. The molecule has 2 atom stereocenters. The highest BCUT2D eigenvalue weighted by Crippen LogP contribution is 2.16. The molecule has 1 aromatic rings. The quantitative estimate of drug-likeness (QED) is 0.777. The van der Waals surface area contributed by atoms with Crippen molar-refractivity contribution in [3.63, 3.8) is 0 Å². The third-order valence-electron chi connectivity index (χ3n) is 3.62. The molecule has 0 aliphatic carbocycles. The van der Waals surface area contributed by atoms with E-state index in [0.29, 0.717) is 6.42 Å². The summed E-state index contributed by atoms with van der Waals surface area (Å²) in [5.74, 6) is -3.88. The second-order valence-electron chi connectivity index (χ2n) is 5.26. The molecule has 1 rings (SSSR count). The van der Waals surface area contributed by atoms with E-state index in [1.807, 2.05) is 0 Å². The SMILES string of the molecule is CCC(CO)N(CC(C)C(=O)OC)C(=O)c1ccc(F)c(F)c1. The van der Waals surface area contributed by atoms with Crippen molar-refractivity contribution in [1.82, 2.24) is 4.90 Å². The molecule has 128 valence electrons. The summed E-state index contributed by atoms with van der Waals surface area (Å²) in [7, 11) is 1.24. The topological polar surface area (TPSA) is 66.8 Å². The summed E-state index contributed by atoms with van der Waals surface area (Å²) in [6.07, 6.45) is 0.444. The lowest BCUT2D eigenvalue weighted by Gasteiger charge is -2.31. The maximum Gasteiger partial charge on any atom is 0.310 e. The van der Waals surface area contributed by atoms with Gasteiger partial charge in [-0.2, -0.15) is 0 Å². The Morgan fingerprint density at radius 1 is 1.30 bits per heavy atom. The summed E-state index contributed by atoms with van der Waals surface area (Å²) in [4.78, 5) is 25.4. The van der Waals surface area contributed by atoms with E-state index in [9.17, 15) is 23.5 Å². The van der Waals surface area contributed by atoms with Crippen molar-refractivity contribution < 1.29 is 28.2 Å². The van der Waals surface area contributed by atoms with Gasteiger partial charge < -0.3 is 14.7 Å². The third-order valence-corrected chi connectivity index (χ3v) is 3.62. The number of carbonyl (C=O) groups excluding carboxylic acids is 2. The zero-order valence-corrected chi connectivity index (χ0v) is 13.4. The molecule has 23 heavy (non-hydrogen) atoms. The predicted molar refractivity (Wildman–Crippen MR) is 79.7 cm³/mol. The van der Waals surface area contributed by atoms with Crippen LogP contribution in [0, 0.1) is 17.6 Å². The highest BCUT2D eigenvalue weighted by molar-refractivity contribution is 5.94. The lowest BCUT2D eigenvalue weighted by molar-refractivity contribution is -0.145. The lowest BCUT2D eigenvalue weighted by Crippen LogP contribution is -2.45. The van der Waals surface area contributed by atoms with Gasteiger partial charge in [-0.25, -0.2) is 8.78 Å². The van der Waals surface area contributed by atoms with Gasteiger partial charge in [0.25, 0.3) is 5.91 Å². The van der Waals surface area contributed by atoms with Crippen molar-refractivity contribution in [3.8, 4) is 0 Å². The number of aliphatic hydroxyl groups is 1. The number of carbonyl (C=O) groups is 2. The number of hydrogen-bond donors (Lipinski definition) is 1. The Morgan fingerprint density at radius 2 is 1.96 bits per heavy atom. The fourth-order valence-electron chi connectivity index (χ4n) is 2.21. The smallest absolute Gasteiger partial charge is 0.310 e. The fraction of sp³-hybridized carbons (Fsp3) is 0.500. The first kappa shape index (κ1) is 19.0. The summed E-state index contributed by atoms with van der Waals surface area (Å²) >= 11 is 0. The van der Waals surface area contributed by atoms with Crippen LogP contribution in [-0.4, -0.2) is 48.2 Å². The monoisotopic (exact) mass is 329 g/mol. The van der Waals surface area contributed by atoms with E-state index in [2.05, 4.69) is 4.74 Å². The Hall–Kier alpha value is -2.02. The zero-order chi connectivity index (χ0) is 17.6. The van der Waals surface area contributed by atoms with Crippen LogP contribution >= 0.6 is 0 Å². The first-order valence-corrected chi connectivity index (χ1v) is 7.30. The van der Waals surface area contributed by atoms with E-state index in [4.69, 9.17) is 0 Å². The van der Waals surface area contributed by atoms with Crippen LogP contribution in [0.15, 0.2) is 18.2 Å². The normalized spacial score (nSPS) is 13.3. The lowest BCUT2D eigenvalue weighted by atomic mass is 10.1. The fourth-order valence-corrected chi connectivity index (χ4v) is 2.21. The van der Waals surface area contributed by atoms with Crippen LogP contribution in [0.5, 0.6) is 0 Å². The van der Waals surface area contributed by atoms with Gasteiger partial charge in [0.2, 0.25) is 0 Å². The number of benzene rings is 1. The van der Waals surface area contributed by atoms with Crippen LogP contribution < -0.4 is 0 Å². The molecule has 0 radical (unpaired) electrons. The summed E-state index contributed by atoms with van der Waals surface area (Å²) in [6.45, 7) is 3.06. The molecular formula is C16H21F2NO4. The minimum absolute atomic E-state index is 0.00354. The second-order valence-corrected chi connectivity index (χ2v) is 5.26. The first-order chi connectivity index (χ1) is 10.8. The second kappa shape index (κ2) is 8.57. The van der Waals surface area contributed by atoms with Gasteiger partial charge in [-0.05, 0) is 24.6 Å². The molecule has 1 amide bonds. The first-order valence-electron chi connectivity index (χ1n) is 7.30. The van der Waals surface area contributed by atoms with Crippen molar-refractivity contribution >= 4 is 11.9 Å². The van der Waals surface area contributed by atoms with Crippen molar-refractivity contribution in [2.45, 2.75) is 26.3 Å². The average Bonchev–Trinajstić information content (AvgIpc) is 2.55. The number of hydrogen-bond acceptors (Lipinski definition) is 4. The molecule has 5 nitrogen and oxygen atoms in total. The molecule has 0 spiro atoms. The van der Waals surface area contributed by atoms with Gasteiger partial charge in [0.1, 0.15) is 0 Å². The molecule has 1 aromatic carbocycles. The molecule has 0 aliphatic rings. The van der Waals surface area contributed by atoms with Gasteiger partial charge in [0.05, 0.1) is 25.7 Å². The summed E-state index contributed by atoms with van der Waals surface area (Å²) in [5, 5.41) is 9.46. The number of amides is 1. The number of rotatable bonds is 7. The van der Waals surface area contributed by atoms with E-state index in [1.165, 1.54) is 18.1 Å². The van der Waals surface area contributed by atoms with Crippen LogP contribution in [0.2, 0.25) is 0 Å². The van der Waals surface area contributed by atoms with Gasteiger partial charge in [0.15, 0.2) is 11.6 Å². The number of esters is 1. The minimum atomic E-state index is -1.13. The number of methoxy groups -OCH3 is 1. The van der Waals surface area contributed by atoms with Crippen LogP contribution in [0.4, 0.5) is 8.78 Å². The molecule has 1 N–H and O–H groups in total. The summed E-state index contributed by atoms with van der Waals surface area (Å²) < 4.78 is 31.0. The molecule has 7 heteroatoms. The van der Waals surface area contributed by atoms with E-state index < -0.39 is 35.5 Å². The van der Waals surface area contributed by atoms with Crippen molar-refractivity contribution in [2.24, 2.45) is 5.92 Å². The van der Waals surface area contributed by atoms with Crippen LogP contribution in [0.3, 0.4) is 0 Å². The number of ether oxygens (including phenoxy) is 1. The number of halogens is 2. The van der Waals surface area contributed by atoms with Gasteiger partial charge in [-0.15, -0.1) is 0 Å². The van der Waals surface area contributed by atoms with Gasteiger partial charge in [-0.1, -0.05) is 13.8 Å². The largest absolute Gasteiger partial charge is 0.469 e.